The minimum atomic E-state index is -0.0494. The number of aryl methyl sites for hydroxylation is 1. The van der Waals surface area contributed by atoms with Crippen molar-refractivity contribution in [3.8, 4) is 0 Å². The number of rotatable bonds is 3. The molecule has 0 aliphatic rings. The number of hydrogen-bond acceptors (Lipinski definition) is 4. The van der Waals surface area contributed by atoms with Gasteiger partial charge in [-0.2, -0.15) is 0 Å². The molecule has 0 fully saturated rings. The molecule has 0 spiro atoms. The van der Waals surface area contributed by atoms with Gasteiger partial charge < -0.3 is 5.73 Å². The normalized spacial score (nSPS) is 10.6. The molecule has 0 aliphatic carbocycles. The molecule has 0 saturated heterocycles. The second-order valence-corrected chi connectivity index (χ2v) is 3.50. The molecule has 1 aromatic heterocycles. The highest BCUT2D eigenvalue weighted by Crippen LogP contribution is 2.11. The van der Waals surface area contributed by atoms with Gasteiger partial charge in [0.05, 0.1) is 11.3 Å². The summed E-state index contributed by atoms with van der Waals surface area (Å²) < 4.78 is 0. The molecule has 2 N–H and O–H groups in total. The lowest BCUT2D eigenvalue weighted by Crippen LogP contribution is -2.15. The Hall–Kier alpha value is -1.29. The minimum Gasteiger partial charge on any atom is -0.325 e. The maximum atomic E-state index is 11.7. The zero-order valence-corrected chi connectivity index (χ0v) is 8.74. The second kappa shape index (κ2) is 4.28. The lowest BCUT2D eigenvalue weighted by molar-refractivity contribution is 0.0937. The van der Waals surface area contributed by atoms with Crippen LogP contribution in [0.25, 0.3) is 0 Å². The number of aromatic nitrogens is 2. The number of Topliss-reactive ketones (excluding diaryl/α,β-unsaturated/α-hetero) is 1. The third kappa shape index (κ3) is 2.14. The molecule has 0 saturated carbocycles. The van der Waals surface area contributed by atoms with Gasteiger partial charge in [0.1, 0.15) is 5.82 Å². The van der Waals surface area contributed by atoms with Crippen LogP contribution < -0.4 is 5.73 Å². The molecular weight excluding hydrogens is 178 g/mol. The molecule has 0 amide bonds. The van der Waals surface area contributed by atoms with E-state index in [-0.39, 0.29) is 18.2 Å². The van der Waals surface area contributed by atoms with E-state index in [1.807, 2.05) is 13.8 Å². The molecule has 1 aromatic rings. The highest BCUT2D eigenvalue weighted by molar-refractivity contribution is 5.98. The predicted octanol–water partition coefficient (Wildman–Crippen LogP) is 1.08. The molecule has 1 heterocycles. The molecule has 14 heavy (non-hydrogen) atoms. The van der Waals surface area contributed by atoms with E-state index < -0.39 is 0 Å². The highest BCUT2D eigenvalue weighted by Gasteiger charge is 2.15. The van der Waals surface area contributed by atoms with Crippen LogP contribution in [0.4, 0.5) is 0 Å². The van der Waals surface area contributed by atoms with Crippen LogP contribution in [0.15, 0.2) is 6.20 Å². The van der Waals surface area contributed by atoms with E-state index in [1.54, 1.807) is 13.1 Å². The number of hydrogen-bond donors (Lipinski definition) is 1. The van der Waals surface area contributed by atoms with Crippen molar-refractivity contribution < 1.29 is 4.79 Å². The van der Waals surface area contributed by atoms with Gasteiger partial charge in [0, 0.05) is 18.7 Å². The van der Waals surface area contributed by atoms with Crippen LogP contribution in [0.1, 0.15) is 35.7 Å². The van der Waals surface area contributed by atoms with Gasteiger partial charge >= 0.3 is 0 Å². The first-order chi connectivity index (χ1) is 6.56. The Balaban J connectivity index is 3.14. The molecule has 0 aromatic carbocycles. The van der Waals surface area contributed by atoms with E-state index in [2.05, 4.69) is 9.97 Å². The average molecular weight is 193 g/mol. The maximum Gasteiger partial charge on any atom is 0.168 e. The minimum absolute atomic E-state index is 0.0467. The summed E-state index contributed by atoms with van der Waals surface area (Å²) >= 11 is 0. The molecule has 1 rings (SSSR count). The summed E-state index contributed by atoms with van der Waals surface area (Å²) in [6, 6.07) is 0. The lowest BCUT2D eigenvalue weighted by atomic mass is 10.0. The average Bonchev–Trinajstić information content (AvgIpc) is 2.16. The zero-order chi connectivity index (χ0) is 10.7. The first-order valence-corrected chi connectivity index (χ1v) is 4.63. The molecule has 0 unspecified atom stereocenters. The fourth-order valence-corrected chi connectivity index (χ4v) is 1.19. The van der Waals surface area contributed by atoms with E-state index in [4.69, 9.17) is 5.73 Å². The number of nitrogens with two attached hydrogens (primary N) is 1. The van der Waals surface area contributed by atoms with Gasteiger partial charge in [-0.3, -0.25) is 4.79 Å². The fraction of sp³-hybridized carbons (Fsp3) is 0.500. The fourth-order valence-electron chi connectivity index (χ4n) is 1.19. The van der Waals surface area contributed by atoms with Crippen LogP contribution in [0.3, 0.4) is 0 Å². The van der Waals surface area contributed by atoms with Crippen LogP contribution in [0.2, 0.25) is 0 Å². The monoisotopic (exact) mass is 193 g/mol. The molecular formula is C10H15N3O. The largest absolute Gasteiger partial charge is 0.325 e. The van der Waals surface area contributed by atoms with Crippen molar-refractivity contribution in [2.45, 2.75) is 27.3 Å². The summed E-state index contributed by atoms with van der Waals surface area (Å²) in [4.78, 5) is 19.8. The van der Waals surface area contributed by atoms with E-state index in [1.165, 1.54) is 0 Å². The van der Waals surface area contributed by atoms with Crippen LogP contribution in [0.5, 0.6) is 0 Å². The Morgan fingerprint density at radius 3 is 2.71 bits per heavy atom. The summed E-state index contributed by atoms with van der Waals surface area (Å²) in [5.74, 6) is 0.641. The predicted molar refractivity (Wildman–Crippen MR) is 53.8 cm³/mol. The summed E-state index contributed by atoms with van der Waals surface area (Å²) in [6.07, 6.45) is 1.56. The number of ketones is 1. The Labute approximate surface area is 83.6 Å². The van der Waals surface area contributed by atoms with Gasteiger partial charge in [0.15, 0.2) is 5.78 Å². The first-order valence-electron chi connectivity index (χ1n) is 4.63. The smallest absolute Gasteiger partial charge is 0.168 e. The van der Waals surface area contributed by atoms with E-state index in [0.717, 1.165) is 0 Å². The Morgan fingerprint density at radius 1 is 1.57 bits per heavy atom. The lowest BCUT2D eigenvalue weighted by Gasteiger charge is -2.08. The highest BCUT2D eigenvalue weighted by atomic mass is 16.1. The molecule has 0 radical (unpaired) electrons. The van der Waals surface area contributed by atoms with Crippen LogP contribution >= 0.6 is 0 Å². The molecule has 4 heteroatoms. The first kappa shape index (κ1) is 10.8. The quantitative estimate of drug-likeness (QED) is 0.729. The third-order valence-corrected chi connectivity index (χ3v) is 1.97. The number of nitrogens with zero attached hydrogens (tertiary/aromatic N) is 2. The zero-order valence-electron chi connectivity index (χ0n) is 8.74. The van der Waals surface area contributed by atoms with Gasteiger partial charge in [-0.15, -0.1) is 0 Å². The van der Waals surface area contributed by atoms with Gasteiger partial charge in [-0.1, -0.05) is 13.8 Å². The SMILES string of the molecule is Cc1ncc(C(=O)C(C)C)c(CN)n1. The Morgan fingerprint density at radius 2 is 2.21 bits per heavy atom. The summed E-state index contributed by atoms with van der Waals surface area (Å²) in [6.45, 7) is 5.75. The van der Waals surface area contributed by atoms with Gasteiger partial charge in [-0.05, 0) is 6.92 Å². The van der Waals surface area contributed by atoms with E-state index in [9.17, 15) is 4.79 Å². The van der Waals surface area contributed by atoms with Crippen molar-refractivity contribution in [1.29, 1.82) is 0 Å². The molecule has 76 valence electrons. The van der Waals surface area contributed by atoms with Gasteiger partial charge in [-0.25, -0.2) is 9.97 Å². The van der Waals surface area contributed by atoms with Crippen molar-refractivity contribution in [3.05, 3.63) is 23.3 Å². The molecule has 0 atom stereocenters. The van der Waals surface area contributed by atoms with Gasteiger partial charge in [0.2, 0.25) is 0 Å². The summed E-state index contributed by atoms with van der Waals surface area (Å²) in [5.41, 5.74) is 6.70. The van der Waals surface area contributed by atoms with Crippen molar-refractivity contribution in [3.63, 3.8) is 0 Å². The van der Waals surface area contributed by atoms with Crippen molar-refractivity contribution >= 4 is 5.78 Å². The van der Waals surface area contributed by atoms with Crippen molar-refractivity contribution in [1.82, 2.24) is 9.97 Å². The number of carbonyl (C=O) groups is 1. The van der Waals surface area contributed by atoms with Crippen LogP contribution in [-0.4, -0.2) is 15.8 Å². The van der Waals surface area contributed by atoms with Crippen LogP contribution in [-0.2, 0) is 6.54 Å². The maximum absolute atomic E-state index is 11.7. The van der Waals surface area contributed by atoms with E-state index in [0.29, 0.717) is 17.1 Å². The number of carbonyl (C=O) groups excluding carboxylic acids is 1. The Bertz CT molecular complexity index is 347. The van der Waals surface area contributed by atoms with Gasteiger partial charge in [0.25, 0.3) is 0 Å². The van der Waals surface area contributed by atoms with Crippen LogP contribution in [0, 0.1) is 12.8 Å². The molecule has 0 aliphatic heterocycles. The summed E-state index contributed by atoms with van der Waals surface area (Å²) in [5, 5.41) is 0. The standard InChI is InChI=1S/C10H15N3O/c1-6(2)10(14)8-5-12-7(3)13-9(8)4-11/h5-6H,4,11H2,1-3H3. The molecule has 4 nitrogen and oxygen atoms in total. The topological polar surface area (TPSA) is 68.9 Å². The second-order valence-electron chi connectivity index (χ2n) is 3.50. The third-order valence-electron chi connectivity index (χ3n) is 1.97. The van der Waals surface area contributed by atoms with Crippen molar-refractivity contribution in [2.75, 3.05) is 0 Å². The summed E-state index contributed by atoms with van der Waals surface area (Å²) in [7, 11) is 0. The Kier molecular flexibility index (Phi) is 3.30. The van der Waals surface area contributed by atoms with Crippen molar-refractivity contribution in [2.24, 2.45) is 11.7 Å². The molecule has 0 bridgehead atoms. The van der Waals surface area contributed by atoms with E-state index >= 15 is 0 Å².